The van der Waals surface area contributed by atoms with Crippen LogP contribution < -0.4 is 15.4 Å². The quantitative estimate of drug-likeness (QED) is 0.603. The molecular weight excluding hydrogens is 442 g/mol. The van der Waals surface area contributed by atoms with E-state index in [1.165, 1.54) is 0 Å². The zero-order chi connectivity index (χ0) is 25.5. The van der Waals surface area contributed by atoms with Crippen molar-refractivity contribution in [3.05, 3.63) is 65.2 Å². The average molecular weight is 480 g/mol. The number of benzene rings is 2. The third-order valence-electron chi connectivity index (χ3n) is 6.96. The number of carbonyl (C=O) groups excluding carboxylic acids is 3. The second-order valence-corrected chi connectivity index (χ2v) is 9.67. The van der Waals surface area contributed by atoms with E-state index in [4.69, 9.17) is 4.74 Å². The van der Waals surface area contributed by atoms with E-state index in [1.54, 1.807) is 31.4 Å². The van der Waals surface area contributed by atoms with Crippen LogP contribution in [0.15, 0.2) is 48.5 Å². The first kappa shape index (κ1) is 26.3. The van der Waals surface area contributed by atoms with Gasteiger partial charge in [-0.15, -0.1) is 0 Å². The Morgan fingerprint density at radius 3 is 2.14 bits per heavy atom. The topological polar surface area (TPSA) is 87.7 Å². The summed E-state index contributed by atoms with van der Waals surface area (Å²) in [6, 6.07) is 13.7. The van der Waals surface area contributed by atoms with Gasteiger partial charge in [0.05, 0.1) is 7.11 Å². The number of rotatable bonds is 8. The molecule has 1 fully saturated rings. The van der Waals surface area contributed by atoms with Gasteiger partial charge in [0.2, 0.25) is 5.91 Å². The highest BCUT2D eigenvalue weighted by Gasteiger charge is 2.35. The summed E-state index contributed by atoms with van der Waals surface area (Å²) in [7, 11) is 1.57. The molecule has 3 amide bonds. The molecule has 0 aromatic heterocycles. The summed E-state index contributed by atoms with van der Waals surface area (Å²) >= 11 is 0. The minimum absolute atomic E-state index is 0.0123. The molecule has 0 saturated carbocycles. The van der Waals surface area contributed by atoms with Crippen molar-refractivity contribution in [2.45, 2.75) is 52.6 Å². The molecule has 2 aromatic carbocycles. The van der Waals surface area contributed by atoms with Gasteiger partial charge in [-0.1, -0.05) is 32.0 Å². The van der Waals surface area contributed by atoms with Gasteiger partial charge < -0.3 is 20.3 Å². The molecule has 0 bridgehead atoms. The first-order valence-electron chi connectivity index (χ1n) is 12.3. The predicted molar refractivity (Wildman–Crippen MR) is 136 cm³/mol. The van der Waals surface area contributed by atoms with E-state index >= 15 is 0 Å². The minimum atomic E-state index is -0.679. The first-order valence-corrected chi connectivity index (χ1v) is 12.3. The highest BCUT2D eigenvalue weighted by molar-refractivity contribution is 5.98. The maximum atomic E-state index is 13.3. The van der Waals surface area contributed by atoms with Crippen LogP contribution in [0, 0.1) is 18.8 Å². The summed E-state index contributed by atoms with van der Waals surface area (Å²) in [6.45, 7) is 9.08. The molecule has 3 rings (SSSR count). The number of amides is 3. The lowest BCUT2D eigenvalue weighted by Gasteiger charge is -2.36. The molecule has 0 unspecified atom stereocenters. The van der Waals surface area contributed by atoms with Gasteiger partial charge in [0.25, 0.3) is 11.8 Å². The molecule has 1 saturated heterocycles. The first-order chi connectivity index (χ1) is 16.7. The van der Waals surface area contributed by atoms with E-state index in [1.807, 2.05) is 56.9 Å². The van der Waals surface area contributed by atoms with Crippen molar-refractivity contribution in [3.63, 3.8) is 0 Å². The highest BCUT2D eigenvalue weighted by atomic mass is 16.5. The molecule has 1 aliphatic heterocycles. The zero-order valence-corrected chi connectivity index (χ0v) is 21.3. The highest BCUT2D eigenvalue weighted by Crippen LogP contribution is 2.24. The van der Waals surface area contributed by atoms with E-state index in [0.29, 0.717) is 42.8 Å². The van der Waals surface area contributed by atoms with Crippen molar-refractivity contribution in [1.82, 2.24) is 15.5 Å². The van der Waals surface area contributed by atoms with Crippen LogP contribution in [0.1, 0.15) is 59.9 Å². The Morgan fingerprint density at radius 2 is 1.57 bits per heavy atom. The van der Waals surface area contributed by atoms with Gasteiger partial charge in [0, 0.05) is 30.3 Å². The number of carbonyl (C=O) groups is 3. The van der Waals surface area contributed by atoms with Gasteiger partial charge in [-0.3, -0.25) is 14.4 Å². The van der Waals surface area contributed by atoms with Crippen LogP contribution >= 0.6 is 0 Å². The molecular formula is C28H37N3O4. The Bertz CT molecular complexity index is 1030. The van der Waals surface area contributed by atoms with E-state index in [-0.39, 0.29) is 35.6 Å². The number of nitrogens with zero attached hydrogens (tertiary/aromatic N) is 1. The number of ether oxygens (including phenoxy) is 1. The van der Waals surface area contributed by atoms with Gasteiger partial charge in [-0.25, -0.2) is 0 Å². The van der Waals surface area contributed by atoms with E-state index < -0.39 is 6.04 Å². The number of likely N-dealkylation sites (tertiary alicyclic amines) is 1. The fraction of sp³-hybridized carbons (Fsp3) is 0.464. The van der Waals surface area contributed by atoms with Crippen molar-refractivity contribution in [3.8, 4) is 5.75 Å². The summed E-state index contributed by atoms with van der Waals surface area (Å²) in [5.74, 6) is 0.383. The van der Waals surface area contributed by atoms with E-state index in [0.717, 1.165) is 5.56 Å². The third kappa shape index (κ3) is 6.62. The van der Waals surface area contributed by atoms with Crippen molar-refractivity contribution >= 4 is 17.7 Å². The molecule has 2 atom stereocenters. The predicted octanol–water partition coefficient (Wildman–Crippen LogP) is 3.82. The van der Waals surface area contributed by atoms with Crippen molar-refractivity contribution in [2.24, 2.45) is 11.8 Å². The molecule has 2 aromatic rings. The van der Waals surface area contributed by atoms with Crippen LogP contribution in [-0.4, -0.2) is 54.9 Å². The van der Waals surface area contributed by atoms with Crippen molar-refractivity contribution in [1.29, 1.82) is 0 Å². The van der Waals surface area contributed by atoms with Gasteiger partial charge >= 0.3 is 0 Å². The molecule has 7 heteroatoms. The lowest BCUT2D eigenvalue weighted by Crippen LogP contribution is -2.55. The Morgan fingerprint density at radius 1 is 0.943 bits per heavy atom. The second-order valence-electron chi connectivity index (χ2n) is 9.67. The summed E-state index contributed by atoms with van der Waals surface area (Å²) < 4.78 is 5.17. The fourth-order valence-electron chi connectivity index (χ4n) is 4.26. The Kier molecular flexibility index (Phi) is 8.90. The molecule has 1 heterocycles. The number of hydrogen-bond donors (Lipinski definition) is 2. The van der Waals surface area contributed by atoms with Gasteiger partial charge in [0.1, 0.15) is 11.8 Å². The molecule has 1 aliphatic rings. The van der Waals surface area contributed by atoms with Gasteiger partial charge in [0.15, 0.2) is 0 Å². The summed E-state index contributed by atoms with van der Waals surface area (Å²) in [6.07, 6.45) is 1.27. The lowest BCUT2D eigenvalue weighted by atomic mass is 9.87. The standard InChI is InChI=1S/C28H37N3O4/c1-18(2)20(4)29-27(33)25(30-26(32)22-10-12-23(35-5)13-11-22)21-14-16-31(17-15-21)28(34)24-9-7-6-8-19(24)3/h6-13,18,20-21,25H,14-17H2,1-5H3,(H,29,33)(H,30,32)/t20-,25+/m1/s1. The van der Waals surface area contributed by atoms with Crippen LogP contribution in [0.25, 0.3) is 0 Å². The Balaban J connectivity index is 1.72. The van der Waals surface area contributed by atoms with Gasteiger partial charge in [-0.05, 0) is 74.4 Å². The number of nitrogens with one attached hydrogen (secondary N) is 2. The average Bonchev–Trinajstić information content (AvgIpc) is 2.87. The fourth-order valence-corrected chi connectivity index (χ4v) is 4.26. The summed E-state index contributed by atoms with van der Waals surface area (Å²) in [5, 5.41) is 6.04. The molecule has 2 N–H and O–H groups in total. The second kappa shape index (κ2) is 11.9. The van der Waals surface area contributed by atoms with E-state index in [2.05, 4.69) is 10.6 Å². The van der Waals surface area contributed by atoms with Crippen LogP contribution in [0.4, 0.5) is 0 Å². The normalized spacial score (nSPS) is 15.9. The number of hydrogen-bond acceptors (Lipinski definition) is 4. The van der Waals surface area contributed by atoms with Crippen LogP contribution in [-0.2, 0) is 4.79 Å². The number of aryl methyl sites for hydroxylation is 1. The Labute approximate surface area is 208 Å². The monoisotopic (exact) mass is 479 g/mol. The maximum absolute atomic E-state index is 13.3. The molecule has 7 nitrogen and oxygen atoms in total. The van der Waals surface area contributed by atoms with Crippen molar-refractivity contribution in [2.75, 3.05) is 20.2 Å². The third-order valence-corrected chi connectivity index (χ3v) is 6.96. The van der Waals surface area contributed by atoms with E-state index in [9.17, 15) is 14.4 Å². The smallest absolute Gasteiger partial charge is 0.254 e. The number of piperidine rings is 1. The minimum Gasteiger partial charge on any atom is -0.497 e. The maximum Gasteiger partial charge on any atom is 0.254 e. The lowest BCUT2D eigenvalue weighted by molar-refractivity contribution is -0.125. The summed E-state index contributed by atoms with van der Waals surface area (Å²) in [5.41, 5.74) is 2.12. The molecule has 0 radical (unpaired) electrons. The molecule has 0 spiro atoms. The van der Waals surface area contributed by atoms with Crippen LogP contribution in [0.2, 0.25) is 0 Å². The number of methoxy groups -OCH3 is 1. The molecule has 0 aliphatic carbocycles. The molecule has 188 valence electrons. The van der Waals surface area contributed by atoms with Crippen LogP contribution in [0.3, 0.4) is 0 Å². The largest absolute Gasteiger partial charge is 0.497 e. The zero-order valence-electron chi connectivity index (χ0n) is 21.3. The molecule has 35 heavy (non-hydrogen) atoms. The van der Waals surface area contributed by atoms with Crippen molar-refractivity contribution < 1.29 is 19.1 Å². The summed E-state index contributed by atoms with van der Waals surface area (Å²) in [4.78, 5) is 41.2. The van der Waals surface area contributed by atoms with Gasteiger partial charge in [-0.2, -0.15) is 0 Å². The van der Waals surface area contributed by atoms with Crippen LogP contribution in [0.5, 0.6) is 5.75 Å². The SMILES string of the molecule is COc1ccc(C(=O)N[C@H](C(=O)N[C@H](C)C(C)C)C2CCN(C(=O)c3ccccc3C)CC2)cc1. The Hall–Kier alpha value is -3.35.